The van der Waals surface area contributed by atoms with Gasteiger partial charge < -0.3 is 10.3 Å². The van der Waals surface area contributed by atoms with Crippen molar-refractivity contribution in [1.29, 1.82) is 0 Å². The van der Waals surface area contributed by atoms with Crippen molar-refractivity contribution in [3.63, 3.8) is 0 Å². The Kier molecular flexibility index (Phi) is 3.85. The number of aryl methyl sites for hydroxylation is 1. The van der Waals surface area contributed by atoms with E-state index in [1.54, 1.807) is 6.92 Å². The Morgan fingerprint density at radius 2 is 2.08 bits per heavy atom. The lowest BCUT2D eigenvalue weighted by molar-refractivity contribution is -0.0872. The van der Waals surface area contributed by atoms with E-state index >= 15 is 0 Å². The second-order valence-electron chi connectivity index (χ2n) is 6.52. The molecule has 2 heterocycles. The molecule has 0 aromatic carbocycles. The Hall–Kier alpha value is -2.38. The SMILES string of the molecule is Cc1nc2ccc(C(=O)NCC3(C)CCCC3(F)F)nc2c(=O)[nH]1. The lowest BCUT2D eigenvalue weighted by Crippen LogP contribution is -2.44. The fourth-order valence-electron chi connectivity index (χ4n) is 3.04. The van der Waals surface area contributed by atoms with Gasteiger partial charge in [0, 0.05) is 18.4 Å². The van der Waals surface area contributed by atoms with Gasteiger partial charge >= 0.3 is 0 Å². The molecule has 6 nitrogen and oxygen atoms in total. The summed E-state index contributed by atoms with van der Waals surface area (Å²) in [4.78, 5) is 34.8. The van der Waals surface area contributed by atoms with E-state index in [1.165, 1.54) is 19.1 Å². The van der Waals surface area contributed by atoms with Gasteiger partial charge in [-0.25, -0.2) is 18.7 Å². The summed E-state index contributed by atoms with van der Waals surface area (Å²) in [6.45, 7) is 2.98. The Balaban J connectivity index is 1.81. The van der Waals surface area contributed by atoms with Crippen LogP contribution in [0.5, 0.6) is 0 Å². The molecule has 1 amide bonds. The third-order valence-corrected chi connectivity index (χ3v) is 4.65. The number of carbonyl (C=O) groups excluding carboxylic acids is 1. The molecule has 0 saturated heterocycles. The predicted octanol–water partition coefficient (Wildman–Crippen LogP) is 2.18. The molecule has 1 unspecified atom stereocenters. The summed E-state index contributed by atoms with van der Waals surface area (Å²) in [6.07, 6.45) is 0.635. The van der Waals surface area contributed by atoms with Gasteiger partial charge in [0.15, 0.2) is 5.52 Å². The third kappa shape index (κ3) is 2.76. The van der Waals surface area contributed by atoms with Gasteiger partial charge in [-0.05, 0) is 31.9 Å². The second-order valence-corrected chi connectivity index (χ2v) is 6.52. The molecule has 2 N–H and O–H groups in total. The molecule has 8 heteroatoms. The van der Waals surface area contributed by atoms with E-state index in [1.807, 2.05) is 0 Å². The number of aromatic nitrogens is 3. The van der Waals surface area contributed by atoms with E-state index in [0.717, 1.165) is 0 Å². The topological polar surface area (TPSA) is 87.7 Å². The molecule has 2 aromatic heterocycles. The van der Waals surface area contributed by atoms with E-state index in [4.69, 9.17) is 0 Å². The summed E-state index contributed by atoms with van der Waals surface area (Å²) < 4.78 is 27.8. The standard InChI is InChI=1S/C16H18F2N4O2/c1-9-20-10-4-5-11(22-12(10)14(24)21-9)13(23)19-8-15(2)6-3-7-16(15,17)18/h4-5H,3,6-8H2,1-2H3,(H,19,23)(H,20,21,24). The van der Waals surface area contributed by atoms with Gasteiger partial charge in [0.05, 0.1) is 5.52 Å². The quantitative estimate of drug-likeness (QED) is 0.899. The first-order valence-corrected chi connectivity index (χ1v) is 7.76. The highest BCUT2D eigenvalue weighted by Gasteiger charge is 2.53. The molecule has 128 valence electrons. The molecule has 2 aromatic rings. The van der Waals surface area contributed by atoms with Crippen LogP contribution in [0, 0.1) is 12.3 Å². The maximum Gasteiger partial charge on any atom is 0.277 e. The van der Waals surface area contributed by atoms with E-state index in [0.29, 0.717) is 24.2 Å². The fraction of sp³-hybridized carbons (Fsp3) is 0.500. The highest BCUT2D eigenvalue weighted by Crippen LogP contribution is 2.49. The van der Waals surface area contributed by atoms with Crippen molar-refractivity contribution in [3.8, 4) is 0 Å². The molecule has 1 fully saturated rings. The average Bonchev–Trinajstić information content (AvgIpc) is 2.78. The van der Waals surface area contributed by atoms with Crippen LogP contribution in [0.3, 0.4) is 0 Å². The molecule has 1 aliphatic rings. The molecule has 1 saturated carbocycles. The van der Waals surface area contributed by atoms with Crippen LogP contribution in [-0.4, -0.2) is 33.3 Å². The minimum atomic E-state index is -2.80. The highest BCUT2D eigenvalue weighted by atomic mass is 19.3. The number of hydrogen-bond acceptors (Lipinski definition) is 4. The van der Waals surface area contributed by atoms with Crippen LogP contribution in [0.1, 0.15) is 42.5 Å². The number of amides is 1. The minimum Gasteiger partial charge on any atom is -0.350 e. The third-order valence-electron chi connectivity index (χ3n) is 4.65. The van der Waals surface area contributed by atoms with Gasteiger partial charge in [0.1, 0.15) is 11.5 Å². The molecule has 0 aliphatic heterocycles. The molecule has 24 heavy (non-hydrogen) atoms. The zero-order chi connectivity index (χ0) is 17.5. The monoisotopic (exact) mass is 336 g/mol. The maximum absolute atomic E-state index is 13.9. The Morgan fingerprint density at radius 3 is 2.75 bits per heavy atom. The number of alkyl halides is 2. The van der Waals surface area contributed by atoms with Crippen LogP contribution in [0.25, 0.3) is 11.0 Å². The second kappa shape index (κ2) is 5.61. The van der Waals surface area contributed by atoms with Crippen LogP contribution >= 0.6 is 0 Å². The molecule has 0 spiro atoms. The number of carbonyl (C=O) groups is 1. The van der Waals surface area contributed by atoms with E-state index in [9.17, 15) is 18.4 Å². The molecule has 0 bridgehead atoms. The molecule has 0 radical (unpaired) electrons. The first kappa shape index (κ1) is 16.5. The first-order valence-electron chi connectivity index (χ1n) is 7.76. The van der Waals surface area contributed by atoms with Gasteiger partial charge in [-0.2, -0.15) is 0 Å². The highest BCUT2D eigenvalue weighted by molar-refractivity contribution is 5.94. The summed E-state index contributed by atoms with van der Waals surface area (Å²) in [5.74, 6) is -2.93. The number of hydrogen-bond donors (Lipinski definition) is 2. The van der Waals surface area contributed by atoms with Crippen LogP contribution < -0.4 is 10.9 Å². The van der Waals surface area contributed by atoms with Gasteiger partial charge in [0.2, 0.25) is 0 Å². The number of halogens is 2. The lowest BCUT2D eigenvalue weighted by atomic mass is 9.85. The summed E-state index contributed by atoms with van der Waals surface area (Å²) in [6, 6.07) is 2.95. The first-order chi connectivity index (χ1) is 11.2. The largest absolute Gasteiger partial charge is 0.350 e. The molecule has 1 atom stereocenters. The number of pyridine rings is 1. The van der Waals surface area contributed by atoms with Gasteiger partial charge in [-0.15, -0.1) is 0 Å². The number of nitrogens with zero attached hydrogens (tertiary/aromatic N) is 2. The van der Waals surface area contributed by atoms with Crippen molar-refractivity contribution in [2.75, 3.05) is 6.54 Å². The Bertz CT molecular complexity index is 865. The molecule has 3 rings (SSSR count). The van der Waals surface area contributed by atoms with Crippen LogP contribution in [0.4, 0.5) is 8.78 Å². The van der Waals surface area contributed by atoms with Crippen LogP contribution in [0.15, 0.2) is 16.9 Å². The molecular formula is C16H18F2N4O2. The number of fused-ring (bicyclic) bond motifs is 1. The predicted molar refractivity (Wildman–Crippen MR) is 84.1 cm³/mol. The van der Waals surface area contributed by atoms with Crippen molar-refractivity contribution in [1.82, 2.24) is 20.3 Å². The smallest absolute Gasteiger partial charge is 0.277 e. The Morgan fingerprint density at radius 1 is 1.33 bits per heavy atom. The number of nitrogens with one attached hydrogen (secondary N) is 2. The van der Waals surface area contributed by atoms with E-state index in [-0.39, 0.29) is 24.2 Å². The lowest BCUT2D eigenvalue weighted by Gasteiger charge is -2.31. The summed E-state index contributed by atoms with van der Waals surface area (Å²) >= 11 is 0. The van der Waals surface area contributed by atoms with Crippen molar-refractivity contribution in [2.24, 2.45) is 5.41 Å². The van der Waals surface area contributed by atoms with E-state index < -0.39 is 22.8 Å². The van der Waals surface area contributed by atoms with Gasteiger partial charge in [-0.3, -0.25) is 9.59 Å². The number of H-pyrrole nitrogens is 1. The van der Waals surface area contributed by atoms with Crippen molar-refractivity contribution < 1.29 is 13.6 Å². The summed E-state index contributed by atoms with van der Waals surface area (Å²) in [7, 11) is 0. The summed E-state index contributed by atoms with van der Waals surface area (Å²) in [5, 5.41) is 2.52. The van der Waals surface area contributed by atoms with Crippen molar-refractivity contribution in [2.45, 2.75) is 39.0 Å². The van der Waals surface area contributed by atoms with Crippen LogP contribution in [0.2, 0.25) is 0 Å². The minimum absolute atomic E-state index is 0.00330. The Labute approximate surface area is 136 Å². The van der Waals surface area contributed by atoms with Crippen molar-refractivity contribution in [3.05, 3.63) is 34.0 Å². The molecule has 1 aliphatic carbocycles. The van der Waals surface area contributed by atoms with Crippen LogP contribution in [-0.2, 0) is 0 Å². The van der Waals surface area contributed by atoms with Crippen molar-refractivity contribution >= 4 is 16.9 Å². The summed E-state index contributed by atoms with van der Waals surface area (Å²) in [5.41, 5.74) is -1.27. The zero-order valence-corrected chi connectivity index (χ0v) is 13.4. The fourth-order valence-corrected chi connectivity index (χ4v) is 3.04. The molecular weight excluding hydrogens is 318 g/mol. The number of aromatic amines is 1. The average molecular weight is 336 g/mol. The number of rotatable bonds is 3. The maximum atomic E-state index is 13.9. The van der Waals surface area contributed by atoms with E-state index in [2.05, 4.69) is 20.3 Å². The van der Waals surface area contributed by atoms with Gasteiger partial charge in [-0.1, -0.05) is 6.92 Å². The normalized spacial score (nSPS) is 22.7. The van der Waals surface area contributed by atoms with Gasteiger partial charge in [0.25, 0.3) is 17.4 Å². The zero-order valence-electron chi connectivity index (χ0n) is 13.4.